The van der Waals surface area contributed by atoms with Gasteiger partial charge >= 0.3 is 0 Å². The average Bonchev–Trinajstić information content (AvgIpc) is 1.88. The van der Waals surface area contributed by atoms with Crippen LogP contribution in [-0.4, -0.2) is 15.9 Å². The normalized spacial score (nSPS) is 9.30. The lowest BCUT2D eigenvalue weighted by atomic mass is 10.4. The number of aryl methyl sites for hydroxylation is 1. The van der Waals surface area contributed by atoms with Crippen LogP contribution in [0.5, 0.6) is 0 Å². The Morgan fingerprint density at radius 3 is 2.80 bits per heavy atom. The van der Waals surface area contributed by atoms with Crippen LogP contribution in [0.2, 0.25) is 0 Å². The second kappa shape index (κ2) is 2.43. The lowest BCUT2D eigenvalue weighted by Gasteiger charge is -1.99. The highest BCUT2D eigenvalue weighted by Crippen LogP contribution is 1.91. The fourth-order valence-electron chi connectivity index (χ4n) is 0.570. The summed E-state index contributed by atoms with van der Waals surface area (Å²) in [4.78, 5) is 17.5. The molecule has 1 aromatic heterocycles. The molecule has 0 aliphatic carbocycles. The van der Waals surface area contributed by atoms with E-state index < -0.39 is 5.97 Å². The van der Waals surface area contributed by atoms with E-state index in [1.807, 2.05) is 0 Å². The lowest BCUT2D eigenvalue weighted by Crippen LogP contribution is -2.23. The van der Waals surface area contributed by atoms with Gasteiger partial charge in [-0.05, 0) is 13.0 Å². The molecule has 0 bridgehead atoms. The van der Waals surface area contributed by atoms with E-state index in [0.29, 0.717) is 5.82 Å². The van der Waals surface area contributed by atoms with Crippen molar-refractivity contribution < 1.29 is 9.90 Å². The molecule has 10 heavy (non-hydrogen) atoms. The van der Waals surface area contributed by atoms with Crippen LogP contribution >= 0.6 is 0 Å². The summed E-state index contributed by atoms with van der Waals surface area (Å²) >= 11 is 0. The summed E-state index contributed by atoms with van der Waals surface area (Å²) in [5.74, 6) is -0.841. The number of carboxylic acids is 1. The summed E-state index contributed by atoms with van der Waals surface area (Å²) < 4.78 is 0. The highest BCUT2D eigenvalue weighted by atomic mass is 16.4. The molecule has 0 spiro atoms. The fourth-order valence-corrected chi connectivity index (χ4v) is 0.570. The Bertz CT molecular complexity index is 260. The van der Waals surface area contributed by atoms with Crippen LogP contribution in [-0.2, 0) is 0 Å². The van der Waals surface area contributed by atoms with E-state index in [9.17, 15) is 9.90 Å². The highest BCUT2D eigenvalue weighted by molar-refractivity contribution is 5.83. The number of aromatic carboxylic acids is 1. The van der Waals surface area contributed by atoms with Gasteiger partial charge in [0.2, 0.25) is 0 Å². The van der Waals surface area contributed by atoms with Crippen LogP contribution in [0, 0.1) is 6.92 Å². The number of carbonyl (C=O) groups is 1. The Labute approximate surface area is 57.6 Å². The van der Waals surface area contributed by atoms with Crippen molar-refractivity contribution in [2.45, 2.75) is 6.92 Å². The molecule has 0 saturated carbocycles. The topological polar surface area (TPSA) is 65.9 Å². The van der Waals surface area contributed by atoms with Crippen molar-refractivity contribution in [1.82, 2.24) is 9.97 Å². The molecule has 4 nitrogen and oxygen atoms in total. The van der Waals surface area contributed by atoms with Gasteiger partial charge in [0.05, 0.1) is 11.7 Å². The predicted molar refractivity (Wildman–Crippen MR) is 31.1 cm³/mol. The predicted octanol–water partition coefficient (Wildman–Crippen LogP) is -0.851. The van der Waals surface area contributed by atoms with E-state index >= 15 is 0 Å². The summed E-state index contributed by atoms with van der Waals surface area (Å²) in [6.45, 7) is 1.62. The molecule has 0 atom stereocenters. The van der Waals surface area contributed by atoms with Gasteiger partial charge in [0.15, 0.2) is 0 Å². The van der Waals surface area contributed by atoms with Gasteiger partial charge in [-0.15, -0.1) is 0 Å². The van der Waals surface area contributed by atoms with Gasteiger partial charge in [-0.2, -0.15) is 0 Å². The third-order valence-corrected chi connectivity index (χ3v) is 0.985. The molecule has 0 aliphatic heterocycles. The van der Waals surface area contributed by atoms with Crippen LogP contribution in [0.1, 0.15) is 16.3 Å². The minimum absolute atomic E-state index is 0.0764. The molecule has 0 radical (unpaired) electrons. The van der Waals surface area contributed by atoms with Crippen LogP contribution in [0.4, 0.5) is 0 Å². The van der Waals surface area contributed by atoms with Crippen molar-refractivity contribution in [3.05, 3.63) is 23.8 Å². The maximum atomic E-state index is 10.2. The zero-order valence-corrected chi connectivity index (χ0v) is 5.37. The van der Waals surface area contributed by atoms with Crippen molar-refractivity contribution in [2.75, 3.05) is 0 Å². The molecule has 0 aromatic carbocycles. The van der Waals surface area contributed by atoms with Gasteiger partial charge < -0.3 is 9.90 Å². The van der Waals surface area contributed by atoms with E-state index in [1.54, 1.807) is 6.92 Å². The SMILES string of the molecule is Cc1nccc(C(=O)[O-])n1. The number of hydrogen-bond donors (Lipinski definition) is 0. The Hall–Kier alpha value is -1.45. The maximum absolute atomic E-state index is 10.2. The third-order valence-electron chi connectivity index (χ3n) is 0.985. The van der Waals surface area contributed by atoms with Crippen LogP contribution in [0.25, 0.3) is 0 Å². The Morgan fingerprint density at radius 1 is 1.70 bits per heavy atom. The standard InChI is InChI=1S/C6H6N2O2/c1-4-7-3-2-5(8-4)6(9)10/h2-3H,1H3,(H,9,10)/p-1. The summed E-state index contributed by atoms with van der Waals surface area (Å²) in [6.07, 6.45) is 1.38. The van der Waals surface area contributed by atoms with Crippen molar-refractivity contribution in [2.24, 2.45) is 0 Å². The Kier molecular flexibility index (Phi) is 1.62. The molecule has 1 heterocycles. The molecular weight excluding hydrogens is 132 g/mol. The highest BCUT2D eigenvalue weighted by Gasteiger charge is 1.93. The van der Waals surface area contributed by atoms with Gasteiger partial charge in [0, 0.05) is 6.20 Å². The Morgan fingerprint density at radius 2 is 2.40 bits per heavy atom. The van der Waals surface area contributed by atoms with E-state index in [4.69, 9.17) is 0 Å². The molecule has 0 N–H and O–H groups in total. The number of hydrogen-bond acceptors (Lipinski definition) is 4. The van der Waals surface area contributed by atoms with Crippen LogP contribution in [0.3, 0.4) is 0 Å². The molecule has 1 aromatic rings. The largest absolute Gasteiger partial charge is 0.543 e. The van der Waals surface area contributed by atoms with Gasteiger partial charge in [-0.3, -0.25) is 0 Å². The van der Waals surface area contributed by atoms with E-state index in [2.05, 4.69) is 9.97 Å². The van der Waals surface area contributed by atoms with E-state index in [-0.39, 0.29) is 5.69 Å². The molecule has 0 fully saturated rings. The summed E-state index contributed by atoms with van der Waals surface area (Å²) in [7, 11) is 0. The summed E-state index contributed by atoms with van der Waals surface area (Å²) in [6, 6.07) is 1.29. The van der Waals surface area contributed by atoms with Crippen molar-refractivity contribution >= 4 is 5.97 Å². The van der Waals surface area contributed by atoms with Crippen LogP contribution in [0.15, 0.2) is 12.3 Å². The molecule has 0 saturated heterocycles. The molecule has 4 heteroatoms. The van der Waals surface area contributed by atoms with Crippen LogP contribution < -0.4 is 5.11 Å². The first kappa shape index (κ1) is 6.67. The number of aromatic nitrogens is 2. The number of nitrogens with zero attached hydrogens (tertiary/aromatic N) is 2. The monoisotopic (exact) mass is 137 g/mol. The van der Waals surface area contributed by atoms with Gasteiger partial charge in [0.25, 0.3) is 0 Å². The third kappa shape index (κ3) is 1.28. The first-order valence-corrected chi connectivity index (χ1v) is 2.71. The average molecular weight is 137 g/mol. The smallest absolute Gasteiger partial charge is 0.125 e. The van der Waals surface area contributed by atoms with Gasteiger partial charge in [0.1, 0.15) is 5.82 Å². The summed E-state index contributed by atoms with van der Waals surface area (Å²) in [5, 5.41) is 10.2. The molecular formula is C6H5N2O2-. The minimum Gasteiger partial charge on any atom is -0.543 e. The minimum atomic E-state index is -1.27. The van der Waals surface area contributed by atoms with Crippen molar-refractivity contribution in [3.8, 4) is 0 Å². The fraction of sp³-hybridized carbons (Fsp3) is 0.167. The second-order valence-corrected chi connectivity index (χ2v) is 1.78. The molecule has 0 aliphatic rings. The first-order chi connectivity index (χ1) is 4.70. The lowest BCUT2D eigenvalue weighted by molar-refractivity contribution is -0.255. The van der Waals surface area contributed by atoms with Gasteiger partial charge in [-0.25, -0.2) is 9.97 Å². The molecule has 0 amide bonds. The first-order valence-electron chi connectivity index (χ1n) is 2.71. The Balaban J connectivity index is 3.07. The van der Waals surface area contributed by atoms with Crippen molar-refractivity contribution in [1.29, 1.82) is 0 Å². The quantitative estimate of drug-likeness (QED) is 0.505. The number of carbonyl (C=O) groups excluding carboxylic acids is 1. The zero-order valence-electron chi connectivity index (χ0n) is 5.37. The van der Waals surface area contributed by atoms with Crippen molar-refractivity contribution in [3.63, 3.8) is 0 Å². The molecule has 0 unspecified atom stereocenters. The van der Waals surface area contributed by atoms with E-state index in [1.165, 1.54) is 12.3 Å². The summed E-state index contributed by atoms with van der Waals surface area (Å²) in [5.41, 5.74) is -0.0764. The van der Waals surface area contributed by atoms with E-state index in [0.717, 1.165) is 0 Å². The number of rotatable bonds is 1. The maximum Gasteiger partial charge on any atom is 0.125 e. The molecule has 52 valence electrons. The van der Waals surface area contributed by atoms with Gasteiger partial charge in [-0.1, -0.05) is 0 Å². The zero-order chi connectivity index (χ0) is 7.56. The molecule has 1 rings (SSSR count). The second-order valence-electron chi connectivity index (χ2n) is 1.78. The number of carboxylic acid groups (broad SMARTS) is 1.